The summed E-state index contributed by atoms with van der Waals surface area (Å²) < 4.78 is 34.3. The second kappa shape index (κ2) is 8.18. The number of nitrogens with zero attached hydrogens (tertiary/aromatic N) is 3. The summed E-state index contributed by atoms with van der Waals surface area (Å²) in [6.07, 6.45) is 4.38. The van der Waals surface area contributed by atoms with Crippen molar-refractivity contribution in [1.29, 1.82) is 0 Å². The van der Waals surface area contributed by atoms with Gasteiger partial charge in [-0.15, -0.1) is 0 Å². The Morgan fingerprint density at radius 1 is 1.21 bits per heavy atom. The first-order chi connectivity index (χ1) is 13.9. The number of hydrogen-bond donors (Lipinski definition) is 1. The number of nitrogens with one attached hydrogen (secondary N) is 1. The number of aromatic nitrogens is 2. The van der Waals surface area contributed by atoms with Crippen molar-refractivity contribution < 1.29 is 13.2 Å². The predicted molar refractivity (Wildman–Crippen MR) is 111 cm³/mol. The minimum Gasteiger partial charge on any atom is -0.384 e. The van der Waals surface area contributed by atoms with Gasteiger partial charge >= 0.3 is 0 Å². The van der Waals surface area contributed by atoms with Crippen LogP contribution in [0.2, 0.25) is 0 Å². The Hall–Kier alpha value is -1.74. The van der Waals surface area contributed by atoms with E-state index in [1.54, 1.807) is 30.7 Å². The van der Waals surface area contributed by atoms with Crippen molar-refractivity contribution in [3.05, 3.63) is 48.2 Å². The van der Waals surface area contributed by atoms with Crippen molar-refractivity contribution in [1.82, 2.24) is 19.4 Å². The molecule has 1 aromatic heterocycles. The molecule has 1 aliphatic carbocycles. The van der Waals surface area contributed by atoms with Crippen LogP contribution in [0.3, 0.4) is 0 Å². The largest absolute Gasteiger partial charge is 0.384 e. The molecule has 1 N–H and O–H groups in total. The zero-order valence-corrected chi connectivity index (χ0v) is 17.9. The van der Waals surface area contributed by atoms with Gasteiger partial charge in [0.15, 0.2) is 5.03 Å². The van der Waals surface area contributed by atoms with E-state index >= 15 is 0 Å². The van der Waals surface area contributed by atoms with Gasteiger partial charge in [0.05, 0.1) is 6.61 Å². The van der Waals surface area contributed by atoms with E-state index in [4.69, 9.17) is 4.74 Å². The van der Waals surface area contributed by atoms with Gasteiger partial charge in [-0.1, -0.05) is 30.3 Å². The average molecular weight is 419 g/mol. The van der Waals surface area contributed by atoms with Crippen molar-refractivity contribution in [2.45, 2.75) is 36.2 Å². The lowest BCUT2D eigenvalue weighted by molar-refractivity contribution is 0.0387. The smallest absolute Gasteiger partial charge is 0.262 e. The molecule has 2 aromatic rings. The zero-order chi connectivity index (χ0) is 20.5. The van der Waals surface area contributed by atoms with Crippen molar-refractivity contribution >= 4 is 10.0 Å². The molecule has 2 atom stereocenters. The Morgan fingerprint density at radius 2 is 1.93 bits per heavy atom. The van der Waals surface area contributed by atoms with Gasteiger partial charge in [0.25, 0.3) is 10.0 Å². The van der Waals surface area contributed by atoms with Crippen LogP contribution in [-0.4, -0.2) is 61.9 Å². The summed E-state index contributed by atoms with van der Waals surface area (Å²) in [5.74, 6) is 0.584. The number of hydrogen-bond acceptors (Lipinski definition) is 5. The van der Waals surface area contributed by atoms with Crippen LogP contribution in [0.4, 0.5) is 0 Å². The molecule has 1 saturated heterocycles. The molecule has 4 rings (SSSR count). The zero-order valence-electron chi connectivity index (χ0n) is 17.1. The van der Waals surface area contributed by atoms with Gasteiger partial charge in [-0.2, -0.15) is 9.40 Å². The van der Waals surface area contributed by atoms with Crippen molar-refractivity contribution in [2.24, 2.45) is 12.5 Å². The first kappa shape index (κ1) is 20.5. The van der Waals surface area contributed by atoms with Gasteiger partial charge in [-0.3, -0.25) is 4.68 Å². The average Bonchev–Trinajstić information content (AvgIpc) is 3.38. The molecular formula is C21H30N4O3S. The molecule has 1 aliphatic heterocycles. The van der Waals surface area contributed by atoms with Crippen molar-refractivity contribution in [2.75, 3.05) is 33.4 Å². The summed E-state index contributed by atoms with van der Waals surface area (Å²) in [5, 5.41) is 7.94. The molecule has 2 fully saturated rings. The Bertz CT molecular complexity index is 920. The molecular weight excluding hydrogens is 388 g/mol. The lowest BCUT2D eigenvalue weighted by atomic mass is 9.79. The molecule has 158 valence electrons. The molecule has 7 nitrogen and oxygen atoms in total. The maximum Gasteiger partial charge on any atom is 0.262 e. The Balaban J connectivity index is 1.35. The summed E-state index contributed by atoms with van der Waals surface area (Å²) in [7, 11) is -0.0778. The minimum atomic E-state index is -3.53. The van der Waals surface area contributed by atoms with E-state index in [0.29, 0.717) is 31.7 Å². The maximum atomic E-state index is 12.8. The SMILES string of the molecule is COCC1(CN[C@H]2C[C@H]2c2ccccc2)CCN(S(=O)(=O)c2ccn(C)n2)CC1. The molecule has 0 bridgehead atoms. The van der Waals surface area contributed by atoms with E-state index in [0.717, 1.165) is 25.8 Å². The van der Waals surface area contributed by atoms with E-state index in [2.05, 4.69) is 40.7 Å². The molecule has 0 amide bonds. The number of aryl methyl sites for hydroxylation is 1. The molecule has 8 heteroatoms. The van der Waals surface area contributed by atoms with Gasteiger partial charge in [-0.25, -0.2) is 8.42 Å². The number of piperidine rings is 1. The lowest BCUT2D eigenvalue weighted by Crippen LogP contribution is -2.49. The number of sulfonamides is 1. The normalized spacial score (nSPS) is 24.5. The second-order valence-electron chi connectivity index (χ2n) is 8.41. The predicted octanol–water partition coefficient (Wildman–Crippen LogP) is 1.98. The van der Waals surface area contributed by atoms with E-state index in [-0.39, 0.29) is 10.4 Å². The molecule has 0 radical (unpaired) electrons. The monoisotopic (exact) mass is 418 g/mol. The molecule has 2 aliphatic rings. The molecule has 1 saturated carbocycles. The van der Waals surface area contributed by atoms with E-state index < -0.39 is 10.0 Å². The van der Waals surface area contributed by atoms with Crippen LogP contribution in [0, 0.1) is 5.41 Å². The van der Waals surface area contributed by atoms with Crippen molar-refractivity contribution in [3.8, 4) is 0 Å². The van der Waals surface area contributed by atoms with Crippen LogP contribution >= 0.6 is 0 Å². The van der Waals surface area contributed by atoms with E-state index in [9.17, 15) is 8.42 Å². The van der Waals surface area contributed by atoms with Crippen LogP contribution in [0.1, 0.15) is 30.7 Å². The highest BCUT2D eigenvalue weighted by Crippen LogP contribution is 2.42. The Morgan fingerprint density at radius 3 is 2.55 bits per heavy atom. The molecule has 0 unspecified atom stereocenters. The third kappa shape index (κ3) is 4.40. The molecule has 29 heavy (non-hydrogen) atoms. The number of methoxy groups -OCH3 is 1. The summed E-state index contributed by atoms with van der Waals surface area (Å²) in [4.78, 5) is 0. The Kier molecular flexibility index (Phi) is 5.79. The lowest BCUT2D eigenvalue weighted by Gasteiger charge is -2.41. The van der Waals surface area contributed by atoms with Gasteiger partial charge in [-0.05, 0) is 30.9 Å². The van der Waals surface area contributed by atoms with Crippen LogP contribution in [0.15, 0.2) is 47.6 Å². The third-order valence-electron chi connectivity index (χ3n) is 6.28. The van der Waals surface area contributed by atoms with Crippen LogP contribution in [-0.2, 0) is 21.8 Å². The quantitative estimate of drug-likeness (QED) is 0.709. The van der Waals surface area contributed by atoms with Gasteiger partial charge in [0.2, 0.25) is 0 Å². The summed E-state index contributed by atoms with van der Waals surface area (Å²) in [6, 6.07) is 12.7. The summed E-state index contributed by atoms with van der Waals surface area (Å²) >= 11 is 0. The second-order valence-corrected chi connectivity index (χ2v) is 10.3. The van der Waals surface area contributed by atoms with Crippen LogP contribution < -0.4 is 5.32 Å². The fourth-order valence-electron chi connectivity index (χ4n) is 4.38. The molecule has 0 spiro atoms. The van der Waals surface area contributed by atoms with Gasteiger partial charge in [0.1, 0.15) is 0 Å². The minimum absolute atomic E-state index is 0.0330. The molecule has 1 aromatic carbocycles. The summed E-state index contributed by atoms with van der Waals surface area (Å²) in [5.41, 5.74) is 1.36. The first-order valence-corrected chi connectivity index (χ1v) is 11.6. The number of rotatable bonds is 8. The highest BCUT2D eigenvalue weighted by Gasteiger charge is 2.43. The fourth-order valence-corrected chi connectivity index (χ4v) is 5.77. The highest BCUT2D eigenvalue weighted by molar-refractivity contribution is 7.89. The number of benzene rings is 1. The van der Waals surface area contributed by atoms with Crippen molar-refractivity contribution in [3.63, 3.8) is 0 Å². The Labute approximate surface area is 173 Å². The fraction of sp³-hybridized carbons (Fsp3) is 0.571. The topological polar surface area (TPSA) is 76.5 Å². The van der Waals surface area contributed by atoms with Gasteiger partial charge < -0.3 is 10.1 Å². The van der Waals surface area contributed by atoms with E-state index in [1.165, 1.54) is 10.2 Å². The van der Waals surface area contributed by atoms with Gasteiger partial charge in [0, 0.05) is 57.4 Å². The maximum absolute atomic E-state index is 12.8. The van der Waals surface area contributed by atoms with E-state index in [1.807, 2.05) is 0 Å². The standard InChI is InChI=1S/C21H30N4O3S/c1-24-11-8-20(23-24)29(26,27)25-12-9-21(10-13-25,16-28-2)15-22-19-14-18(19)17-6-4-3-5-7-17/h3-8,11,18-19,22H,9-10,12-16H2,1-2H3/t18-,19-/m0/s1. The number of ether oxygens (including phenoxy) is 1. The highest BCUT2D eigenvalue weighted by atomic mass is 32.2. The summed E-state index contributed by atoms with van der Waals surface area (Å²) in [6.45, 7) is 2.49. The molecule has 2 heterocycles. The first-order valence-electron chi connectivity index (χ1n) is 10.2. The third-order valence-corrected chi connectivity index (χ3v) is 8.08. The van der Waals surface area contributed by atoms with Crippen LogP contribution in [0.5, 0.6) is 0 Å². The van der Waals surface area contributed by atoms with Crippen LogP contribution in [0.25, 0.3) is 0 Å².